The Hall–Kier alpha value is -2.81. The largest absolute Gasteiger partial charge is 0.393 e. The number of fused-ring (bicyclic) bond motifs is 1. The van der Waals surface area contributed by atoms with Crippen molar-refractivity contribution >= 4 is 33.2 Å². The molecule has 2 aliphatic rings. The van der Waals surface area contributed by atoms with Crippen molar-refractivity contribution in [2.45, 2.75) is 51.4 Å². The Balaban J connectivity index is 1.35. The number of thiophene rings is 1. The number of hydrogen-bond acceptors (Lipinski definition) is 10. The number of aryl methyl sites for hydroxylation is 2. The zero-order chi connectivity index (χ0) is 27.0. The minimum absolute atomic E-state index is 0.0915. The highest BCUT2D eigenvalue weighted by atomic mass is 32.2. The molecule has 11 nitrogen and oxygen atoms in total. The lowest BCUT2D eigenvalue weighted by Crippen LogP contribution is -2.32. The van der Waals surface area contributed by atoms with Gasteiger partial charge in [-0.2, -0.15) is 13.1 Å². The molecular formula is C25H29N5O6S2. The maximum Gasteiger partial charge on any atom is 0.333 e. The Bertz CT molecular complexity index is 1460. The van der Waals surface area contributed by atoms with E-state index in [-0.39, 0.29) is 24.5 Å². The molecule has 1 saturated carbocycles. The van der Waals surface area contributed by atoms with Gasteiger partial charge >= 0.3 is 10.3 Å². The van der Waals surface area contributed by atoms with Gasteiger partial charge in [0.15, 0.2) is 0 Å². The quantitative estimate of drug-likeness (QED) is 0.238. The van der Waals surface area contributed by atoms with Crippen molar-refractivity contribution in [3.8, 4) is 0 Å². The highest BCUT2D eigenvalue weighted by Gasteiger charge is 2.35. The third-order valence-corrected chi connectivity index (χ3v) is 8.60. The van der Waals surface area contributed by atoms with Crippen molar-refractivity contribution in [3.05, 3.63) is 68.6 Å². The van der Waals surface area contributed by atoms with Crippen LogP contribution in [0.25, 0.3) is 0 Å². The van der Waals surface area contributed by atoms with Crippen LogP contribution in [0.4, 0.5) is 5.82 Å². The molecule has 0 aromatic carbocycles. The molecule has 4 heterocycles. The van der Waals surface area contributed by atoms with Crippen LogP contribution in [-0.4, -0.2) is 64.1 Å². The first-order valence-electron chi connectivity index (χ1n) is 12.3. The number of aliphatic hydroxyl groups is 1. The Morgan fingerprint density at radius 3 is 2.87 bits per heavy atom. The van der Waals surface area contributed by atoms with Crippen LogP contribution in [0.15, 0.2) is 30.7 Å². The topological polar surface area (TPSA) is 164 Å². The van der Waals surface area contributed by atoms with Crippen LogP contribution >= 0.6 is 11.3 Å². The van der Waals surface area contributed by atoms with Crippen LogP contribution in [-0.2, 0) is 21.5 Å². The Kier molecular flexibility index (Phi) is 7.58. The number of nitrogens with one attached hydrogen (secondary N) is 2. The summed E-state index contributed by atoms with van der Waals surface area (Å²) in [5.74, 6) is -0.285. The smallest absolute Gasteiger partial charge is 0.333 e. The third-order valence-electron chi connectivity index (χ3n) is 7.00. The second kappa shape index (κ2) is 10.8. The number of nitrogens with zero attached hydrogens (tertiary/aromatic N) is 3. The fraction of sp³-hybridized carbons (Fsp3) is 0.440. The molecule has 4 atom stereocenters. The van der Waals surface area contributed by atoms with E-state index in [2.05, 4.69) is 21.4 Å². The van der Waals surface area contributed by atoms with E-state index in [0.717, 1.165) is 33.8 Å². The molecule has 3 aromatic heterocycles. The molecule has 0 unspecified atom stereocenters. The van der Waals surface area contributed by atoms with E-state index in [0.29, 0.717) is 35.7 Å². The van der Waals surface area contributed by atoms with Crippen LogP contribution < -0.4 is 10.0 Å². The summed E-state index contributed by atoms with van der Waals surface area (Å²) >= 11 is 1.38. The lowest BCUT2D eigenvalue weighted by atomic mass is 9.97. The van der Waals surface area contributed by atoms with Crippen molar-refractivity contribution in [3.63, 3.8) is 0 Å². The molecule has 1 aliphatic heterocycles. The van der Waals surface area contributed by atoms with Gasteiger partial charge in [0, 0.05) is 40.8 Å². The van der Waals surface area contributed by atoms with Crippen molar-refractivity contribution in [1.82, 2.24) is 19.7 Å². The van der Waals surface area contributed by atoms with Crippen molar-refractivity contribution in [1.29, 1.82) is 0 Å². The third kappa shape index (κ3) is 5.77. The van der Waals surface area contributed by atoms with Gasteiger partial charge in [-0.3, -0.25) is 14.3 Å². The summed E-state index contributed by atoms with van der Waals surface area (Å²) in [6.07, 6.45) is 3.25. The van der Waals surface area contributed by atoms with Gasteiger partial charge in [0.2, 0.25) is 5.78 Å². The van der Waals surface area contributed by atoms with E-state index in [1.807, 2.05) is 30.7 Å². The average Bonchev–Trinajstić information content (AvgIpc) is 3.43. The second-order valence-corrected chi connectivity index (χ2v) is 12.2. The molecule has 0 radical (unpaired) electrons. The van der Waals surface area contributed by atoms with Crippen LogP contribution in [0.3, 0.4) is 0 Å². The summed E-state index contributed by atoms with van der Waals surface area (Å²) in [6.45, 7) is 4.40. The first-order chi connectivity index (χ1) is 18.1. The maximum atomic E-state index is 13.6. The first-order valence-corrected chi connectivity index (χ1v) is 14.5. The number of carbonyl (C=O) groups excluding carboxylic acids is 1. The van der Waals surface area contributed by atoms with Gasteiger partial charge < -0.3 is 15.2 Å². The van der Waals surface area contributed by atoms with E-state index in [1.54, 1.807) is 0 Å². The van der Waals surface area contributed by atoms with E-state index in [1.165, 1.54) is 23.9 Å². The van der Waals surface area contributed by atoms with Gasteiger partial charge in [0.05, 0.1) is 28.8 Å². The number of rotatable bonds is 8. The van der Waals surface area contributed by atoms with E-state index in [9.17, 15) is 18.3 Å². The standard InChI is InChI=1S/C25H29N5O6S2/c1-13-3-4-15-5-6-36-24(22(15)29-13)18-9-21(37-14(18)2)23(32)19-11-26-12-27-25(19)30-17-7-16(20(31)8-17)10-28-38(33,34)35/h3-4,9,11-12,16-17,20,24,28,31H,5-8,10H2,1-2H3,(H,26,27,30)(H,33,34,35)/t16-,17-,20+,24-/m1/s1. The minimum atomic E-state index is -4.35. The molecule has 0 spiro atoms. The Labute approximate surface area is 224 Å². The first kappa shape index (κ1) is 26.8. The van der Waals surface area contributed by atoms with Crippen molar-refractivity contribution in [2.24, 2.45) is 5.92 Å². The summed E-state index contributed by atoms with van der Waals surface area (Å²) in [6, 6.07) is 5.70. The van der Waals surface area contributed by atoms with E-state index in [4.69, 9.17) is 14.3 Å². The summed E-state index contributed by atoms with van der Waals surface area (Å²) < 4.78 is 39.1. The molecule has 3 aromatic rings. The lowest BCUT2D eigenvalue weighted by molar-refractivity contribution is 0.0662. The molecule has 5 rings (SSSR count). The number of anilines is 1. The highest BCUT2D eigenvalue weighted by Crippen LogP contribution is 2.38. The van der Waals surface area contributed by atoms with Gasteiger partial charge in [-0.05, 0) is 50.8 Å². The zero-order valence-corrected chi connectivity index (χ0v) is 22.6. The predicted molar refractivity (Wildman–Crippen MR) is 141 cm³/mol. The number of ether oxygens (including phenoxy) is 1. The number of hydrogen-bond donors (Lipinski definition) is 4. The molecule has 1 aliphatic carbocycles. The molecule has 38 heavy (non-hydrogen) atoms. The van der Waals surface area contributed by atoms with Gasteiger partial charge in [-0.1, -0.05) is 6.07 Å². The molecular weight excluding hydrogens is 530 g/mol. The number of aromatic nitrogens is 3. The lowest BCUT2D eigenvalue weighted by Gasteiger charge is -2.25. The maximum absolute atomic E-state index is 13.6. The second-order valence-electron chi connectivity index (χ2n) is 9.70. The molecule has 0 saturated heterocycles. The predicted octanol–water partition coefficient (Wildman–Crippen LogP) is 2.39. The molecule has 0 bridgehead atoms. The summed E-state index contributed by atoms with van der Waals surface area (Å²) in [5.41, 5.74) is 4.16. The summed E-state index contributed by atoms with van der Waals surface area (Å²) in [7, 11) is -4.35. The van der Waals surface area contributed by atoms with Gasteiger partial charge in [0.1, 0.15) is 18.2 Å². The van der Waals surface area contributed by atoms with Crippen LogP contribution in [0.1, 0.15) is 61.6 Å². The number of ketones is 1. The monoisotopic (exact) mass is 559 g/mol. The Morgan fingerprint density at radius 2 is 2.08 bits per heavy atom. The van der Waals surface area contributed by atoms with Gasteiger partial charge in [-0.25, -0.2) is 9.97 Å². The SMILES string of the molecule is Cc1ccc2c(n1)[C@@H](c1cc(C(=O)c3cncnc3N[C@@H]3C[C@H](CNS(=O)(=O)O)[C@@H](O)C3)sc1C)OCC2. The van der Waals surface area contributed by atoms with Crippen molar-refractivity contribution in [2.75, 3.05) is 18.5 Å². The fourth-order valence-corrected chi connectivity index (χ4v) is 6.53. The zero-order valence-electron chi connectivity index (χ0n) is 20.9. The van der Waals surface area contributed by atoms with Crippen LogP contribution in [0.5, 0.6) is 0 Å². The Morgan fingerprint density at radius 1 is 1.26 bits per heavy atom. The van der Waals surface area contributed by atoms with Crippen LogP contribution in [0.2, 0.25) is 0 Å². The summed E-state index contributed by atoms with van der Waals surface area (Å²) in [4.78, 5) is 28.2. The molecule has 4 N–H and O–H groups in total. The average molecular weight is 560 g/mol. The number of aliphatic hydroxyl groups excluding tert-OH is 1. The summed E-state index contributed by atoms with van der Waals surface area (Å²) in [5, 5.41) is 13.6. The normalized spacial score (nSPS) is 23.3. The van der Waals surface area contributed by atoms with Gasteiger partial charge in [0.25, 0.3) is 0 Å². The molecule has 13 heteroatoms. The van der Waals surface area contributed by atoms with Gasteiger partial charge in [-0.15, -0.1) is 11.3 Å². The minimum Gasteiger partial charge on any atom is -0.393 e. The molecule has 1 fully saturated rings. The fourth-order valence-electron chi connectivity index (χ4n) is 5.10. The molecule has 0 amide bonds. The highest BCUT2D eigenvalue weighted by molar-refractivity contribution is 7.83. The van der Waals surface area contributed by atoms with Crippen LogP contribution in [0, 0.1) is 19.8 Å². The number of pyridine rings is 1. The van der Waals surface area contributed by atoms with E-state index < -0.39 is 22.3 Å². The van der Waals surface area contributed by atoms with E-state index >= 15 is 0 Å². The number of carbonyl (C=O) groups is 1. The van der Waals surface area contributed by atoms with Crippen molar-refractivity contribution < 1.29 is 27.6 Å². The molecule has 202 valence electrons.